The molecule has 1 aromatic rings. The molecule has 0 aliphatic carbocycles. The maximum absolute atomic E-state index is 13.2. The molecule has 2 saturated heterocycles. The molecule has 3 aliphatic rings. The molecule has 4 rings (SSSR count). The Hall–Kier alpha value is -1.66. The summed E-state index contributed by atoms with van der Waals surface area (Å²) in [6, 6.07) is 4.02. The van der Waals surface area contributed by atoms with E-state index in [1.807, 2.05) is 0 Å². The van der Waals surface area contributed by atoms with Crippen LogP contribution >= 0.6 is 0 Å². The van der Waals surface area contributed by atoms with Crippen LogP contribution in [0.25, 0.3) is 0 Å². The van der Waals surface area contributed by atoms with Gasteiger partial charge in [-0.2, -0.15) is 4.31 Å². The van der Waals surface area contributed by atoms with Crippen molar-refractivity contribution in [2.24, 2.45) is 0 Å². The molecule has 2 fully saturated rings. The molecule has 3 heterocycles. The maximum Gasteiger partial charge on any atom is 0.292 e. The van der Waals surface area contributed by atoms with Gasteiger partial charge in [0, 0.05) is 12.1 Å². The van der Waals surface area contributed by atoms with E-state index >= 15 is 0 Å². The molecule has 1 amide bonds. The number of carbonyl (C=O) groups excluding carboxylic acids is 1. The molecular formula is C19H24F2N2O6S. The molecule has 1 N–H and O–H groups in total. The van der Waals surface area contributed by atoms with Crippen LogP contribution in [-0.2, 0) is 30.1 Å². The maximum atomic E-state index is 13.2. The van der Waals surface area contributed by atoms with E-state index in [1.165, 1.54) is 23.1 Å². The van der Waals surface area contributed by atoms with E-state index in [1.54, 1.807) is 13.8 Å². The molecule has 1 spiro atoms. The molecule has 8 nitrogen and oxygen atoms in total. The number of nitrogens with zero attached hydrogens (tertiary/aromatic N) is 2. The van der Waals surface area contributed by atoms with Gasteiger partial charge in [0.05, 0.1) is 42.5 Å². The first-order valence-corrected chi connectivity index (χ1v) is 11.1. The second-order valence-corrected chi connectivity index (χ2v) is 10.4. The topological polar surface area (TPSA) is 96.4 Å². The lowest BCUT2D eigenvalue weighted by molar-refractivity contribution is -0.256. The highest BCUT2D eigenvalue weighted by molar-refractivity contribution is 7.89. The number of hydrogen-bond acceptors (Lipinski definition) is 6. The Morgan fingerprint density at radius 1 is 1.20 bits per heavy atom. The number of sulfonamides is 1. The zero-order valence-corrected chi connectivity index (χ0v) is 17.5. The summed E-state index contributed by atoms with van der Waals surface area (Å²) in [4.78, 5) is 14.4. The SMILES string of the molecule is CC(C)(O)CCN1C(=O)C2(OCCCO2)c2cc(S(=O)(=O)N3CC(F)(F)C3)ccc21. The monoisotopic (exact) mass is 446 g/mol. The third-order valence-corrected chi connectivity index (χ3v) is 7.23. The van der Waals surface area contributed by atoms with Gasteiger partial charge >= 0.3 is 0 Å². The highest BCUT2D eigenvalue weighted by Gasteiger charge is 2.56. The van der Waals surface area contributed by atoms with Crippen LogP contribution in [0, 0.1) is 0 Å². The summed E-state index contributed by atoms with van der Waals surface area (Å²) in [5, 5.41) is 10.1. The van der Waals surface area contributed by atoms with Gasteiger partial charge in [0.1, 0.15) is 0 Å². The quantitative estimate of drug-likeness (QED) is 0.735. The van der Waals surface area contributed by atoms with Crippen molar-refractivity contribution in [3.05, 3.63) is 23.8 Å². The lowest BCUT2D eigenvalue weighted by Crippen LogP contribution is -2.58. The fourth-order valence-electron chi connectivity index (χ4n) is 3.78. The molecule has 0 radical (unpaired) electrons. The smallest absolute Gasteiger partial charge is 0.292 e. The van der Waals surface area contributed by atoms with Crippen molar-refractivity contribution in [2.45, 2.75) is 48.9 Å². The van der Waals surface area contributed by atoms with Crippen molar-refractivity contribution in [1.82, 2.24) is 4.31 Å². The molecule has 0 aromatic heterocycles. The number of anilines is 1. The van der Waals surface area contributed by atoms with Crippen LogP contribution in [0.5, 0.6) is 0 Å². The Morgan fingerprint density at radius 3 is 2.40 bits per heavy atom. The summed E-state index contributed by atoms with van der Waals surface area (Å²) in [6.45, 7) is 2.17. The van der Waals surface area contributed by atoms with Crippen molar-refractivity contribution < 1.29 is 36.6 Å². The van der Waals surface area contributed by atoms with E-state index in [4.69, 9.17) is 9.47 Å². The molecule has 0 saturated carbocycles. The fraction of sp³-hybridized carbons (Fsp3) is 0.632. The number of hydrogen-bond donors (Lipinski definition) is 1. The molecule has 0 unspecified atom stereocenters. The number of amides is 1. The number of benzene rings is 1. The second-order valence-electron chi connectivity index (χ2n) is 8.49. The summed E-state index contributed by atoms with van der Waals surface area (Å²) in [7, 11) is -4.15. The van der Waals surface area contributed by atoms with Gasteiger partial charge in [0.25, 0.3) is 17.6 Å². The van der Waals surface area contributed by atoms with Crippen molar-refractivity contribution in [3.63, 3.8) is 0 Å². The van der Waals surface area contributed by atoms with Crippen molar-refractivity contribution in [3.8, 4) is 0 Å². The highest BCUT2D eigenvalue weighted by Crippen LogP contribution is 2.47. The first kappa shape index (κ1) is 21.6. The minimum atomic E-state index is -4.15. The van der Waals surface area contributed by atoms with E-state index in [2.05, 4.69) is 0 Å². The molecule has 0 atom stereocenters. The first-order chi connectivity index (χ1) is 13.9. The van der Waals surface area contributed by atoms with Crippen molar-refractivity contribution in [1.29, 1.82) is 0 Å². The predicted molar refractivity (Wildman–Crippen MR) is 102 cm³/mol. The molecule has 0 bridgehead atoms. The minimum absolute atomic E-state index is 0.175. The second kappa shape index (κ2) is 6.92. The van der Waals surface area contributed by atoms with Gasteiger partial charge in [-0.3, -0.25) is 4.79 Å². The molecule has 1 aromatic carbocycles. The van der Waals surface area contributed by atoms with Gasteiger partial charge in [-0.25, -0.2) is 17.2 Å². The summed E-state index contributed by atoms with van der Waals surface area (Å²) >= 11 is 0. The third kappa shape index (κ3) is 3.52. The Kier molecular flexibility index (Phi) is 4.98. The Bertz CT molecular complexity index is 962. The average molecular weight is 446 g/mol. The largest absolute Gasteiger partial charge is 0.390 e. The number of rotatable bonds is 5. The van der Waals surface area contributed by atoms with Gasteiger partial charge < -0.3 is 19.5 Å². The Labute approximate surface area is 173 Å². The van der Waals surface area contributed by atoms with E-state index in [0.29, 0.717) is 16.4 Å². The fourth-order valence-corrected chi connectivity index (χ4v) is 5.31. The van der Waals surface area contributed by atoms with Crippen LogP contribution in [0.2, 0.25) is 0 Å². The first-order valence-electron chi connectivity index (χ1n) is 9.71. The van der Waals surface area contributed by atoms with Gasteiger partial charge in [0.15, 0.2) is 0 Å². The molecule has 11 heteroatoms. The summed E-state index contributed by atoms with van der Waals surface area (Å²) in [5.41, 5.74) is -0.369. The standard InChI is InChI=1S/C19H24F2N2O6S/c1-17(2,25)6-7-23-15-5-4-13(30(26,27)22-11-18(20,21)12-22)10-14(15)19(16(23)24)28-8-3-9-29-19/h4-5,10,25H,3,6-9,11-12H2,1-2H3. The van der Waals surface area contributed by atoms with E-state index in [9.17, 15) is 27.1 Å². The third-order valence-electron chi connectivity index (χ3n) is 5.44. The Balaban J connectivity index is 1.73. The average Bonchev–Trinajstić information content (AvgIpc) is 2.86. The van der Waals surface area contributed by atoms with Gasteiger partial charge in [-0.05, 0) is 44.9 Å². The molecule has 166 valence electrons. The molecule has 3 aliphatic heterocycles. The van der Waals surface area contributed by atoms with Gasteiger partial charge in [-0.15, -0.1) is 0 Å². The summed E-state index contributed by atoms with van der Waals surface area (Å²) in [5.74, 6) is -5.30. The number of aliphatic hydroxyl groups is 1. The zero-order chi connectivity index (χ0) is 21.9. The van der Waals surface area contributed by atoms with Crippen LogP contribution in [0.1, 0.15) is 32.3 Å². The number of carbonyl (C=O) groups is 1. The zero-order valence-electron chi connectivity index (χ0n) is 16.7. The van der Waals surface area contributed by atoms with Gasteiger partial charge in [0.2, 0.25) is 10.0 Å². The van der Waals surface area contributed by atoms with E-state index < -0.39 is 46.3 Å². The number of halogens is 2. The number of ether oxygens (including phenoxy) is 2. The van der Waals surface area contributed by atoms with E-state index in [0.717, 1.165) is 0 Å². The Morgan fingerprint density at radius 2 is 1.83 bits per heavy atom. The van der Waals surface area contributed by atoms with Crippen molar-refractivity contribution >= 4 is 21.6 Å². The van der Waals surface area contributed by atoms with Crippen LogP contribution in [-0.4, -0.2) is 68.1 Å². The number of fused-ring (bicyclic) bond motifs is 2. The van der Waals surface area contributed by atoms with Crippen LogP contribution < -0.4 is 4.90 Å². The normalized spacial score (nSPS) is 23.5. The van der Waals surface area contributed by atoms with Crippen LogP contribution in [0.15, 0.2) is 23.1 Å². The highest BCUT2D eigenvalue weighted by atomic mass is 32.2. The van der Waals surface area contributed by atoms with Crippen molar-refractivity contribution in [2.75, 3.05) is 37.7 Å². The van der Waals surface area contributed by atoms with Crippen LogP contribution in [0.4, 0.5) is 14.5 Å². The van der Waals surface area contributed by atoms with E-state index in [-0.39, 0.29) is 36.6 Å². The van der Waals surface area contributed by atoms with Gasteiger partial charge in [-0.1, -0.05) is 0 Å². The predicted octanol–water partition coefficient (Wildman–Crippen LogP) is 1.42. The van der Waals surface area contributed by atoms with Crippen LogP contribution in [0.3, 0.4) is 0 Å². The number of alkyl halides is 2. The summed E-state index contributed by atoms with van der Waals surface area (Å²) in [6.07, 6.45) is 0.853. The minimum Gasteiger partial charge on any atom is -0.390 e. The lowest BCUT2D eigenvalue weighted by Gasteiger charge is -2.37. The molecule has 30 heavy (non-hydrogen) atoms. The lowest BCUT2D eigenvalue weighted by atomic mass is 10.1. The summed E-state index contributed by atoms with van der Waals surface area (Å²) < 4.78 is 64.1. The molecular weight excluding hydrogens is 422 g/mol.